The van der Waals surface area contributed by atoms with Gasteiger partial charge in [-0.3, -0.25) is 0 Å². The van der Waals surface area contributed by atoms with Crippen molar-refractivity contribution in [3.05, 3.63) is 71.9 Å². The van der Waals surface area contributed by atoms with Gasteiger partial charge in [0.2, 0.25) is 11.2 Å². The predicted molar refractivity (Wildman–Crippen MR) is 95.0 cm³/mol. The van der Waals surface area contributed by atoms with Gasteiger partial charge in [0.25, 0.3) is 0 Å². The molecule has 0 spiro atoms. The summed E-state index contributed by atoms with van der Waals surface area (Å²) >= 11 is 0. The van der Waals surface area contributed by atoms with Gasteiger partial charge in [0.15, 0.2) is 0 Å². The van der Waals surface area contributed by atoms with E-state index in [9.17, 15) is 0 Å². The molecule has 2 N–H and O–H groups in total. The third-order valence-electron chi connectivity index (χ3n) is 3.97. The second kappa shape index (κ2) is 6.77. The number of fused-ring (bicyclic) bond motifs is 1. The molecule has 0 unspecified atom stereocenters. The van der Waals surface area contributed by atoms with Gasteiger partial charge in [0, 0.05) is 23.6 Å². The van der Waals surface area contributed by atoms with E-state index in [4.69, 9.17) is 10.0 Å². The summed E-state index contributed by atoms with van der Waals surface area (Å²) in [6.07, 6.45) is 4.12. The molecular weight excluding hydrogens is 285 g/mol. The summed E-state index contributed by atoms with van der Waals surface area (Å²) in [7, 11) is -1.42. The van der Waals surface area contributed by atoms with Crippen molar-refractivity contribution in [2.75, 3.05) is 0 Å². The summed E-state index contributed by atoms with van der Waals surface area (Å²) in [4.78, 5) is 0. The Kier molecular flexibility index (Phi) is 4.56. The van der Waals surface area contributed by atoms with E-state index in [0.717, 1.165) is 17.8 Å². The van der Waals surface area contributed by atoms with E-state index in [2.05, 4.69) is 54.0 Å². The molecule has 4 heteroatoms. The van der Waals surface area contributed by atoms with Gasteiger partial charge in [0.05, 0.1) is 0 Å². The summed E-state index contributed by atoms with van der Waals surface area (Å²) < 4.78 is 2.28. The summed E-state index contributed by atoms with van der Waals surface area (Å²) in [5.41, 5.74) is 3.87. The van der Waals surface area contributed by atoms with E-state index >= 15 is 0 Å². The monoisotopic (exact) mass is 304 g/mol. The molecule has 3 rings (SSSR count). The highest BCUT2D eigenvalue weighted by Gasteiger charge is 2.11. The van der Waals surface area contributed by atoms with Crippen molar-refractivity contribution in [3.8, 4) is 0 Å². The van der Waals surface area contributed by atoms with Crippen LogP contribution in [-0.2, 0) is 6.54 Å². The Bertz CT molecular complexity index is 842. The van der Waals surface area contributed by atoms with Gasteiger partial charge >= 0.3 is 7.12 Å². The highest BCUT2D eigenvalue weighted by Crippen LogP contribution is 2.12. The van der Waals surface area contributed by atoms with Gasteiger partial charge in [-0.15, -0.1) is 0 Å². The van der Waals surface area contributed by atoms with Crippen LogP contribution in [0, 0.1) is 0 Å². The first-order valence-corrected chi connectivity index (χ1v) is 7.75. The molecule has 23 heavy (non-hydrogen) atoms. The van der Waals surface area contributed by atoms with Crippen LogP contribution in [0.4, 0.5) is 0 Å². The largest absolute Gasteiger partial charge is 0.488 e. The predicted octanol–water partition coefficient (Wildman–Crippen LogP) is 2.00. The van der Waals surface area contributed by atoms with Crippen LogP contribution in [-0.4, -0.2) is 17.2 Å². The number of rotatable bonds is 4. The molecule has 2 aromatic carbocycles. The fourth-order valence-electron chi connectivity index (χ4n) is 2.74. The molecule has 114 valence electrons. The number of aromatic nitrogens is 1. The van der Waals surface area contributed by atoms with E-state index in [1.807, 2.05) is 18.2 Å². The standard InChI is InChI=1S/C19H19BNO2/c1-2-21-18(14-10-16-5-3-4-6-19(16)21)13-9-15-7-11-17(12-8-15)20(22)23/h3-14,22-23H,2H2,1H3/q+1/b13-9+. The second-order valence-electron chi connectivity index (χ2n) is 5.43. The molecule has 0 bridgehead atoms. The lowest BCUT2D eigenvalue weighted by molar-refractivity contribution is -0.669. The molecule has 0 fully saturated rings. The molecule has 0 aliphatic heterocycles. The Morgan fingerprint density at radius 3 is 2.35 bits per heavy atom. The Labute approximate surface area is 136 Å². The Hall–Kier alpha value is -2.43. The topological polar surface area (TPSA) is 44.3 Å². The third kappa shape index (κ3) is 3.34. The van der Waals surface area contributed by atoms with Crippen molar-refractivity contribution < 1.29 is 14.6 Å². The normalized spacial score (nSPS) is 11.3. The zero-order valence-corrected chi connectivity index (χ0v) is 13.1. The smallest absolute Gasteiger partial charge is 0.423 e. The van der Waals surface area contributed by atoms with Crippen molar-refractivity contribution in [1.29, 1.82) is 0 Å². The molecule has 0 aliphatic carbocycles. The van der Waals surface area contributed by atoms with Gasteiger partial charge in [-0.2, -0.15) is 4.57 Å². The summed E-state index contributed by atoms with van der Waals surface area (Å²) in [6, 6.07) is 19.8. The molecule has 0 atom stereocenters. The molecule has 0 saturated heterocycles. The van der Waals surface area contributed by atoms with E-state index in [0.29, 0.717) is 5.46 Å². The molecule has 0 radical (unpaired) electrons. The van der Waals surface area contributed by atoms with Crippen LogP contribution >= 0.6 is 0 Å². The van der Waals surface area contributed by atoms with Gasteiger partial charge < -0.3 is 10.0 Å². The van der Waals surface area contributed by atoms with E-state index in [1.165, 1.54) is 10.9 Å². The number of aryl methyl sites for hydroxylation is 1. The highest BCUT2D eigenvalue weighted by molar-refractivity contribution is 6.58. The quantitative estimate of drug-likeness (QED) is 0.572. The average molecular weight is 304 g/mol. The zero-order valence-electron chi connectivity index (χ0n) is 13.1. The molecule has 0 aliphatic rings. The summed E-state index contributed by atoms with van der Waals surface area (Å²) in [5, 5.41) is 19.5. The number of pyridine rings is 1. The third-order valence-corrected chi connectivity index (χ3v) is 3.97. The maximum atomic E-state index is 9.13. The Balaban J connectivity index is 1.94. The SMILES string of the molecule is CC[n+]1c(/C=C/c2ccc(B(O)O)cc2)ccc2ccccc21. The van der Waals surface area contributed by atoms with Crippen LogP contribution in [0.3, 0.4) is 0 Å². The van der Waals surface area contributed by atoms with Crippen LogP contribution in [0.1, 0.15) is 18.2 Å². The van der Waals surface area contributed by atoms with Crippen molar-refractivity contribution in [2.24, 2.45) is 0 Å². The lowest BCUT2D eigenvalue weighted by Gasteiger charge is -2.03. The van der Waals surface area contributed by atoms with Crippen molar-refractivity contribution in [3.63, 3.8) is 0 Å². The molecule has 1 heterocycles. The van der Waals surface area contributed by atoms with Gasteiger partial charge in [-0.25, -0.2) is 0 Å². The van der Waals surface area contributed by atoms with Crippen molar-refractivity contribution >= 4 is 35.6 Å². The Morgan fingerprint density at radius 2 is 1.65 bits per heavy atom. The van der Waals surface area contributed by atoms with Gasteiger partial charge in [0.1, 0.15) is 6.54 Å². The van der Waals surface area contributed by atoms with Crippen LogP contribution in [0.5, 0.6) is 0 Å². The molecular formula is C19H19BNO2+. The van der Waals surface area contributed by atoms with Gasteiger partial charge in [-0.1, -0.05) is 36.4 Å². The molecule has 1 aromatic heterocycles. The number of nitrogens with zero attached hydrogens (tertiary/aromatic N) is 1. The minimum absolute atomic E-state index is 0.497. The molecule has 3 nitrogen and oxygen atoms in total. The van der Waals surface area contributed by atoms with Crippen LogP contribution in [0.15, 0.2) is 60.7 Å². The highest BCUT2D eigenvalue weighted by atomic mass is 16.4. The van der Waals surface area contributed by atoms with Crippen LogP contribution < -0.4 is 10.0 Å². The van der Waals surface area contributed by atoms with Gasteiger partial charge in [-0.05, 0) is 36.2 Å². The molecule has 3 aromatic rings. The number of hydrogen-bond donors (Lipinski definition) is 2. The minimum atomic E-state index is -1.42. The maximum Gasteiger partial charge on any atom is 0.488 e. The second-order valence-corrected chi connectivity index (χ2v) is 5.43. The minimum Gasteiger partial charge on any atom is -0.423 e. The summed E-state index contributed by atoms with van der Waals surface area (Å²) in [6.45, 7) is 3.04. The van der Waals surface area contributed by atoms with E-state index in [-0.39, 0.29) is 0 Å². The van der Waals surface area contributed by atoms with E-state index < -0.39 is 7.12 Å². The lowest BCUT2D eigenvalue weighted by atomic mass is 9.80. The van der Waals surface area contributed by atoms with Crippen LogP contribution in [0.25, 0.3) is 23.1 Å². The summed E-state index contributed by atoms with van der Waals surface area (Å²) in [5.74, 6) is 0. The first kappa shape index (κ1) is 15.5. The zero-order chi connectivity index (χ0) is 16.2. The van der Waals surface area contributed by atoms with E-state index in [1.54, 1.807) is 12.1 Å². The van der Waals surface area contributed by atoms with Crippen molar-refractivity contribution in [1.82, 2.24) is 0 Å². The first-order chi connectivity index (χ1) is 11.2. The molecule has 0 saturated carbocycles. The van der Waals surface area contributed by atoms with Crippen LogP contribution in [0.2, 0.25) is 0 Å². The number of para-hydroxylation sites is 1. The first-order valence-electron chi connectivity index (χ1n) is 7.75. The fraction of sp³-hybridized carbons (Fsp3) is 0.105. The average Bonchev–Trinajstić information content (AvgIpc) is 2.59. The lowest BCUT2D eigenvalue weighted by Crippen LogP contribution is -2.36. The number of benzene rings is 2. The maximum absolute atomic E-state index is 9.13. The molecule has 0 amide bonds. The fourth-order valence-corrected chi connectivity index (χ4v) is 2.74. The number of hydrogen-bond acceptors (Lipinski definition) is 2. The van der Waals surface area contributed by atoms with Crippen molar-refractivity contribution in [2.45, 2.75) is 13.5 Å². The Morgan fingerprint density at radius 1 is 0.913 bits per heavy atom.